The molecule has 0 saturated heterocycles. The average molecular weight is 479 g/mol. The lowest BCUT2D eigenvalue weighted by molar-refractivity contribution is -0.117. The minimum atomic E-state index is -3.83. The molecule has 1 amide bonds. The Labute approximate surface area is 177 Å². The summed E-state index contributed by atoms with van der Waals surface area (Å²) in [5.74, 6) is -0.405. The number of benzene rings is 2. The van der Waals surface area contributed by atoms with Crippen LogP contribution in [0.15, 0.2) is 74.7 Å². The predicted molar refractivity (Wildman–Crippen MR) is 116 cm³/mol. The Morgan fingerprint density at radius 1 is 1.04 bits per heavy atom. The van der Waals surface area contributed by atoms with E-state index >= 15 is 0 Å². The molecule has 0 aliphatic heterocycles. The average Bonchev–Trinajstić information content (AvgIpc) is 3.11. The van der Waals surface area contributed by atoms with Gasteiger partial charge in [0.1, 0.15) is 10.3 Å². The molecule has 2 N–H and O–H groups in total. The van der Waals surface area contributed by atoms with Crippen LogP contribution in [0.2, 0.25) is 0 Å². The number of anilines is 1. The summed E-state index contributed by atoms with van der Waals surface area (Å²) in [6.45, 7) is 1.88. The number of nitrogens with one attached hydrogen (secondary N) is 2. The number of para-hydroxylation sites is 1. The van der Waals surface area contributed by atoms with Gasteiger partial charge in [0, 0.05) is 5.69 Å². The quantitative estimate of drug-likeness (QED) is 0.529. The number of carbonyl (C=O) groups is 1. The molecule has 146 valence electrons. The van der Waals surface area contributed by atoms with E-state index in [0.717, 1.165) is 22.5 Å². The van der Waals surface area contributed by atoms with E-state index < -0.39 is 22.0 Å². The Morgan fingerprint density at radius 3 is 2.36 bits per heavy atom. The molecule has 0 fully saturated rings. The van der Waals surface area contributed by atoms with Crippen molar-refractivity contribution < 1.29 is 13.2 Å². The van der Waals surface area contributed by atoms with E-state index in [0.29, 0.717) is 9.47 Å². The summed E-state index contributed by atoms with van der Waals surface area (Å²) in [5.41, 5.74) is 2.42. The fraction of sp³-hybridized carbons (Fsp3) is 0.150. The fourth-order valence-electron chi connectivity index (χ4n) is 2.66. The lowest BCUT2D eigenvalue weighted by Gasteiger charge is -2.19. The van der Waals surface area contributed by atoms with Gasteiger partial charge in [0.15, 0.2) is 0 Å². The van der Waals surface area contributed by atoms with E-state index in [1.165, 1.54) is 6.07 Å². The summed E-state index contributed by atoms with van der Waals surface area (Å²) in [7, 11) is -3.83. The van der Waals surface area contributed by atoms with Gasteiger partial charge in [-0.2, -0.15) is 4.72 Å². The van der Waals surface area contributed by atoms with E-state index in [1.54, 1.807) is 12.1 Å². The van der Waals surface area contributed by atoms with Gasteiger partial charge in [-0.05, 0) is 58.6 Å². The van der Waals surface area contributed by atoms with Gasteiger partial charge in [-0.1, -0.05) is 48.5 Å². The summed E-state index contributed by atoms with van der Waals surface area (Å²) in [5, 5.41) is 2.84. The molecule has 0 aliphatic rings. The van der Waals surface area contributed by atoms with Crippen molar-refractivity contribution in [3.05, 3.63) is 81.6 Å². The van der Waals surface area contributed by atoms with Crippen LogP contribution in [0.5, 0.6) is 0 Å². The topological polar surface area (TPSA) is 75.3 Å². The highest BCUT2D eigenvalue weighted by molar-refractivity contribution is 9.11. The second-order valence-corrected chi connectivity index (χ2v) is 10.6. The molecule has 28 heavy (non-hydrogen) atoms. The molecule has 0 aliphatic carbocycles. The molecule has 5 nitrogen and oxygen atoms in total. The van der Waals surface area contributed by atoms with Gasteiger partial charge in [-0.3, -0.25) is 4.79 Å². The number of thiophene rings is 1. The van der Waals surface area contributed by atoms with E-state index in [2.05, 4.69) is 26.0 Å². The largest absolute Gasteiger partial charge is 0.324 e. The zero-order valence-corrected chi connectivity index (χ0v) is 18.3. The van der Waals surface area contributed by atoms with Crippen molar-refractivity contribution in [2.24, 2.45) is 0 Å². The van der Waals surface area contributed by atoms with Crippen molar-refractivity contribution in [2.75, 3.05) is 5.32 Å². The first-order valence-electron chi connectivity index (χ1n) is 8.53. The van der Waals surface area contributed by atoms with Crippen LogP contribution < -0.4 is 10.0 Å². The Bertz CT molecular complexity index is 1070. The highest BCUT2D eigenvalue weighted by atomic mass is 79.9. The summed E-state index contributed by atoms with van der Waals surface area (Å²) in [4.78, 5) is 12.9. The van der Waals surface area contributed by atoms with Crippen molar-refractivity contribution in [1.82, 2.24) is 4.72 Å². The van der Waals surface area contributed by atoms with Gasteiger partial charge < -0.3 is 5.32 Å². The molecule has 0 unspecified atom stereocenters. The number of hydrogen-bond donors (Lipinski definition) is 2. The predicted octanol–water partition coefficient (Wildman–Crippen LogP) is 4.35. The molecule has 1 aromatic heterocycles. The first-order valence-corrected chi connectivity index (χ1v) is 11.6. The molecule has 2 aromatic carbocycles. The monoisotopic (exact) mass is 478 g/mol. The fourth-order valence-corrected chi connectivity index (χ4v) is 5.88. The number of hydrogen-bond acceptors (Lipinski definition) is 4. The SMILES string of the molecule is Cc1ccccc1NC(=O)[C@@H](Cc1ccccc1)NS(=O)(=O)c1ccc(Br)s1. The van der Waals surface area contributed by atoms with Crippen LogP contribution in [0.3, 0.4) is 0 Å². The number of amides is 1. The molecule has 1 heterocycles. The first kappa shape index (κ1) is 20.7. The molecule has 8 heteroatoms. The van der Waals surface area contributed by atoms with Crippen molar-refractivity contribution in [3.63, 3.8) is 0 Å². The Balaban J connectivity index is 1.86. The minimum Gasteiger partial charge on any atom is -0.324 e. The van der Waals surface area contributed by atoms with E-state index in [-0.39, 0.29) is 10.6 Å². The minimum absolute atomic E-state index is 0.154. The summed E-state index contributed by atoms with van der Waals surface area (Å²) in [6, 6.07) is 18.9. The summed E-state index contributed by atoms with van der Waals surface area (Å²) in [6.07, 6.45) is 0.240. The molecular weight excluding hydrogens is 460 g/mol. The van der Waals surface area contributed by atoms with Crippen LogP contribution in [0.1, 0.15) is 11.1 Å². The first-order chi connectivity index (χ1) is 13.3. The Hall–Kier alpha value is -2.00. The maximum Gasteiger partial charge on any atom is 0.250 e. The molecule has 0 bridgehead atoms. The van der Waals surface area contributed by atoms with Gasteiger partial charge in [-0.15, -0.1) is 11.3 Å². The lowest BCUT2D eigenvalue weighted by Crippen LogP contribution is -2.45. The third-order valence-electron chi connectivity index (χ3n) is 4.11. The zero-order valence-electron chi connectivity index (χ0n) is 15.1. The van der Waals surface area contributed by atoms with E-state index in [4.69, 9.17) is 0 Å². The number of rotatable bonds is 7. The normalized spacial score (nSPS) is 12.5. The molecule has 3 rings (SSSR count). The molecule has 3 aromatic rings. The van der Waals surface area contributed by atoms with Gasteiger partial charge >= 0.3 is 0 Å². The summed E-state index contributed by atoms with van der Waals surface area (Å²) < 4.78 is 29.0. The third kappa shape index (κ3) is 5.29. The van der Waals surface area contributed by atoms with Crippen LogP contribution in [0.25, 0.3) is 0 Å². The maximum atomic E-state index is 12.9. The van der Waals surface area contributed by atoms with Crippen molar-refractivity contribution in [2.45, 2.75) is 23.6 Å². The summed E-state index contributed by atoms with van der Waals surface area (Å²) >= 11 is 4.37. The van der Waals surface area contributed by atoms with Crippen molar-refractivity contribution >= 4 is 48.9 Å². The van der Waals surface area contributed by atoms with E-state index in [9.17, 15) is 13.2 Å². The number of sulfonamides is 1. The number of carbonyl (C=O) groups excluding carboxylic acids is 1. The van der Waals surface area contributed by atoms with Gasteiger partial charge in [0.2, 0.25) is 5.91 Å². The standard InChI is InChI=1S/C20H19BrN2O3S2/c1-14-7-5-6-10-16(14)22-20(24)17(13-15-8-3-2-4-9-15)23-28(25,26)19-12-11-18(21)27-19/h2-12,17,23H,13H2,1H3,(H,22,24)/t17-/m1/s1. The lowest BCUT2D eigenvalue weighted by atomic mass is 10.1. The molecule has 1 atom stereocenters. The van der Waals surface area contributed by atoms with Gasteiger partial charge in [-0.25, -0.2) is 8.42 Å². The highest BCUT2D eigenvalue weighted by Gasteiger charge is 2.27. The Morgan fingerprint density at radius 2 is 1.71 bits per heavy atom. The molecule has 0 saturated carbocycles. The van der Waals surface area contributed by atoms with Crippen LogP contribution in [0.4, 0.5) is 5.69 Å². The second kappa shape index (κ2) is 9.00. The molecule has 0 radical (unpaired) electrons. The smallest absolute Gasteiger partial charge is 0.250 e. The van der Waals surface area contributed by atoms with Crippen molar-refractivity contribution in [1.29, 1.82) is 0 Å². The van der Waals surface area contributed by atoms with Crippen molar-refractivity contribution in [3.8, 4) is 0 Å². The zero-order chi connectivity index (χ0) is 20.1. The van der Waals surface area contributed by atoms with Gasteiger partial charge in [0.05, 0.1) is 3.79 Å². The molecule has 0 spiro atoms. The van der Waals surface area contributed by atoms with Crippen LogP contribution >= 0.6 is 27.3 Å². The maximum absolute atomic E-state index is 12.9. The van der Waals surface area contributed by atoms with Crippen LogP contribution in [-0.2, 0) is 21.2 Å². The molecular formula is C20H19BrN2O3S2. The van der Waals surface area contributed by atoms with E-state index in [1.807, 2.05) is 55.5 Å². The van der Waals surface area contributed by atoms with Crippen LogP contribution in [0, 0.1) is 6.92 Å². The second-order valence-electron chi connectivity index (χ2n) is 6.23. The Kier molecular flexibility index (Phi) is 6.66. The number of halogens is 1. The third-order valence-corrected chi connectivity index (χ3v) is 7.70. The highest BCUT2D eigenvalue weighted by Crippen LogP contribution is 2.26. The number of aryl methyl sites for hydroxylation is 1. The van der Waals surface area contributed by atoms with Crippen LogP contribution in [-0.4, -0.2) is 20.4 Å². The van der Waals surface area contributed by atoms with Gasteiger partial charge in [0.25, 0.3) is 10.0 Å².